The minimum Gasteiger partial charge on any atom is -0.497 e. The van der Waals surface area contributed by atoms with Crippen LogP contribution in [0.2, 0.25) is 0 Å². The lowest BCUT2D eigenvalue weighted by Gasteiger charge is -2.25. The predicted molar refractivity (Wildman–Crippen MR) is 130 cm³/mol. The summed E-state index contributed by atoms with van der Waals surface area (Å²) in [6, 6.07) is 4.76. The minimum atomic E-state index is -1.45. The average molecular weight is 489 g/mol. The van der Waals surface area contributed by atoms with Crippen molar-refractivity contribution in [3.63, 3.8) is 0 Å². The van der Waals surface area contributed by atoms with Crippen molar-refractivity contribution < 1.29 is 23.9 Å². The number of carbonyl (C=O) groups is 4. The van der Waals surface area contributed by atoms with Crippen molar-refractivity contribution in [3.8, 4) is 17.6 Å². The molecule has 1 aromatic rings. The van der Waals surface area contributed by atoms with Crippen molar-refractivity contribution >= 4 is 23.8 Å². The lowest BCUT2D eigenvalue weighted by Crippen LogP contribution is -2.48. The second-order valence-corrected chi connectivity index (χ2v) is 9.93. The zero-order valence-electron chi connectivity index (χ0n) is 20.3. The van der Waals surface area contributed by atoms with Gasteiger partial charge in [0, 0.05) is 30.6 Å². The highest BCUT2D eigenvalue weighted by Crippen LogP contribution is 2.54. The van der Waals surface area contributed by atoms with Crippen LogP contribution < -0.4 is 21.1 Å². The molecule has 1 saturated heterocycles. The fourth-order valence-corrected chi connectivity index (χ4v) is 5.18. The third-order valence-corrected chi connectivity index (χ3v) is 7.67. The van der Waals surface area contributed by atoms with Gasteiger partial charge in [-0.1, -0.05) is 42.6 Å². The largest absolute Gasteiger partial charge is 0.497 e. The van der Waals surface area contributed by atoms with Gasteiger partial charge in [0.1, 0.15) is 5.75 Å². The van der Waals surface area contributed by atoms with E-state index in [9.17, 15) is 19.2 Å². The van der Waals surface area contributed by atoms with Crippen LogP contribution in [0.4, 0.5) is 4.79 Å². The van der Waals surface area contributed by atoms with Crippen LogP contribution in [0.1, 0.15) is 48.5 Å². The minimum absolute atomic E-state index is 0.0381. The Bertz CT molecular complexity index is 1310. The Kier molecular flexibility index (Phi) is 5.62. The first-order valence-electron chi connectivity index (χ1n) is 12.0. The third-order valence-electron chi connectivity index (χ3n) is 7.67. The number of amides is 5. The first-order chi connectivity index (χ1) is 17.2. The van der Waals surface area contributed by atoms with Gasteiger partial charge in [0.2, 0.25) is 5.91 Å². The van der Waals surface area contributed by atoms with Gasteiger partial charge < -0.3 is 20.7 Å². The SMILES string of the molecule is COc1ccc2c(c1)C(=O)N(CCC1(C#CC3=CC=C(C4(C(N)=O)CC4)CC3C)NC(=O)NC1=O)C2. The quantitative estimate of drug-likeness (QED) is 0.415. The Hall–Kier alpha value is -4.06. The summed E-state index contributed by atoms with van der Waals surface area (Å²) >= 11 is 0. The molecule has 2 atom stereocenters. The molecule has 9 heteroatoms. The molecular formula is C27H28N4O5. The maximum absolute atomic E-state index is 12.9. The number of nitrogens with zero attached hydrogens (tertiary/aromatic N) is 1. The number of carbonyl (C=O) groups excluding carboxylic acids is 4. The van der Waals surface area contributed by atoms with E-state index in [1.54, 1.807) is 24.1 Å². The number of hydrogen-bond donors (Lipinski definition) is 3. The van der Waals surface area contributed by atoms with Gasteiger partial charge in [0.25, 0.3) is 11.8 Å². The molecule has 186 valence electrons. The number of imide groups is 1. The normalized spacial score (nSPS) is 25.7. The van der Waals surface area contributed by atoms with Gasteiger partial charge in [0.15, 0.2) is 5.54 Å². The molecule has 36 heavy (non-hydrogen) atoms. The smallest absolute Gasteiger partial charge is 0.323 e. The van der Waals surface area contributed by atoms with E-state index in [1.165, 1.54) is 0 Å². The number of benzene rings is 1. The summed E-state index contributed by atoms with van der Waals surface area (Å²) < 4.78 is 5.22. The fraction of sp³-hybridized carbons (Fsp3) is 0.407. The summed E-state index contributed by atoms with van der Waals surface area (Å²) in [4.78, 5) is 51.3. The zero-order valence-corrected chi connectivity index (χ0v) is 20.3. The number of urea groups is 1. The number of ether oxygens (including phenoxy) is 1. The van der Waals surface area contributed by atoms with E-state index < -0.39 is 22.9 Å². The van der Waals surface area contributed by atoms with Gasteiger partial charge in [-0.15, -0.1) is 0 Å². The molecule has 5 rings (SSSR count). The summed E-state index contributed by atoms with van der Waals surface area (Å²) in [6.07, 6.45) is 6.14. The van der Waals surface area contributed by atoms with Gasteiger partial charge in [-0.2, -0.15) is 0 Å². The van der Waals surface area contributed by atoms with Crippen LogP contribution in [-0.2, 0) is 16.1 Å². The molecule has 9 nitrogen and oxygen atoms in total. The van der Waals surface area contributed by atoms with E-state index in [0.717, 1.165) is 29.6 Å². The van der Waals surface area contributed by atoms with Crippen LogP contribution in [0, 0.1) is 23.2 Å². The highest BCUT2D eigenvalue weighted by atomic mass is 16.5. The van der Waals surface area contributed by atoms with E-state index in [4.69, 9.17) is 10.5 Å². The molecular weight excluding hydrogens is 460 g/mol. The molecule has 0 aromatic heterocycles. The van der Waals surface area contributed by atoms with Crippen LogP contribution in [0.25, 0.3) is 0 Å². The highest BCUT2D eigenvalue weighted by molar-refractivity contribution is 6.09. The van der Waals surface area contributed by atoms with Crippen molar-refractivity contribution in [1.82, 2.24) is 15.5 Å². The van der Waals surface area contributed by atoms with E-state index in [2.05, 4.69) is 22.5 Å². The molecule has 2 unspecified atom stereocenters. The summed E-state index contributed by atoms with van der Waals surface area (Å²) in [7, 11) is 1.55. The average Bonchev–Trinajstić information content (AvgIpc) is 3.54. The number of methoxy groups -OCH3 is 1. The first-order valence-corrected chi connectivity index (χ1v) is 12.0. The Morgan fingerprint density at radius 3 is 2.64 bits per heavy atom. The van der Waals surface area contributed by atoms with Crippen molar-refractivity contribution in [3.05, 3.63) is 52.6 Å². The molecule has 0 radical (unpaired) electrons. The molecule has 4 aliphatic rings. The van der Waals surface area contributed by atoms with Crippen molar-refractivity contribution in [2.75, 3.05) is 13.7 Å². The van der Waals surface area contributed by atoms with Gasteiger partial charge in [-0.05, 0) is 42.9 Å². The molecule has 2 fully saturated rings. The van der Waals surface area contributed by atoms with Gasteiger partial charge >= 0.3 is 6.03 Å². The number of nitrogens with one attached hydrogen (secondary N) is 2. The van der Waals surface area contributed by atoms with Crippen molar-refractivity contribution in [2.24, 2.45) is 17.1 Å². The second kappa shape index (κ2) is 8.55. The number of fused-ring (bicyclic) bond motifs is 1. The molecule has 2 heterocycles. The summed E-state index contributed by atoms with van der Waals surface area (Å²) in [5.74, 6) is 5.78. The first kappa shape index (κ1) is 23.7. The standard InChI is InChI=1S/C27H28N4O5/c1-16-13-19(26(9-10-26)23(28)33)5-3-17(16)7-8-27(24(34)29-25(35)30-27)11-12-31-15-18-4-6-20(36-2)14-21(18)22(31)32/h3-6,14,16H,9-13,15H2,1-2H3,(H2,28,33)(H2,29,30,34,35). The molecule has 0 bridgehead atoms. The predicted octanol–water partition coefficient (Wildman–Crippen LogP) is 1.78. The Balaban J connectivity index is 1.35. The van der Waals surface area contributed by atoms with E-state index in [1.807, 2.05) is 25.1 Å². The molecule has 2 aliphatic heterocycles. The number of rotatable bonds is 6. The van der Waals surface area contributed by atoms with E-state index >= 15 is 0 Å². The van der Waals surface area contributed by atoms with Crippen LogP contribution in [0.5, 0.6) is 5.75 Å². The summed E-state index contributed by atoms with van der Waals surface area (Å²) in [6.45, 7) is 2.66. The Morgan fingerprint density at radius 2 is 2.03 bits per heavy atom. The van der Waals surface area contributed by atoms with Crippen molar-refractivity contribution in [2.45, 2.75) is 44.7 Å². The van der Waals surface area contributed by atoms with Gasteiger partial charge in [-0.25, -0.2) is 4.79 Å². The van der Waals surface area contributed by atoms with Crippen LogP contribution >= 0.6 is 0 Å². The Morgan fingerprint density at radius 1 is 1.25 bits per heavy atom. The molecule has 2 aliphatic carbocycles. The topological polar surface area (TPSA) is 131 Å². The second-order valence-electron chi connectivity index (χ2n) is 9.93. The molecule has 1 saturated carbocycles. The molecule has 4 N–H and O–H groups in total. The molecule has 5 amide bonds. The van der Waals surface area contributed by atoms with Gasteiger partial charge in [0.05, 0.1) is 12.5 Å². The number of primary amides is 1. The van der Waals surface area contributed by atoms with Crippen LogP contribution in [0.3, 0.4) is 0 Å². The van der Waals surface area contributed by atoms with Crippen molar-refractivity contribution in [1.29, 1.82) is 0 Å². The molecule has 0 spiro atoms. The van der Waals surface area contributed by atoms with E-state index in [-0.39, 0.29) is 30.7 Å². The molecule has 1 aromatic carbocycles. The highest BCUT2D eigenvalue weighted by Gasteiger charge is 2.52. The van der Waals surface area contributed by atoms with E-state index in [0.29, 0.717) is 24.3 Å². The maximum Gasteiger partial charge on any atom is 0.323 e. The number of allylic oxidation sites excluding steroid dienone is 3. The van der Waals surface area contributed by atoms with Crippen LogP contribution in [-0.4, -0.2) is 47.8 Å². The van der Waals surface area contributed by atoms with Crippen LogP contribution in [0.15, 0.2) is 41.5 Å². The monoisotopic (exact) mass is 488 g/mol. The van der Waals surface area contributed by atoms with Gasteiger partial charge in [-0.3, -0.25) is 19.7 Å². The maximum atomic E-state index is 12.9. The fourth-order valence-electron chi connectivity index (χ4n) is 5.18. The summed E-state index contributed by atoms with van der Waals surface area (Å²) in [5.41, 5.74) is 6.95. The Labute approximate surface area is 209 Å². The number of hydrogen-bond acceptors (Lipinski definition) is 5. The number of nitrogens with two attached hydrogens (primary N) is 1. The third kappa shape index (κ3) is 3.92. The lowest BCUT2D eigenvalue weighted by molar-refractivity contribution is -0.123. The zero-order chi connectivity index (χ0) is 25.7. The lowest BCUT2D eigenvalue weighted by atomic mass is 9.80. The summed E-state index contributed by atoms with van der Waals surface area (Å²) in [5, 5.41) is 4.95.